The molecule has 0 saturated heterocycles. The van der Waals surface area contributed by atoms with Crippen LogP contribution >= 0.6 is 11.6 Å². The Bertz CT molecular complexity index is 517. The molecular formula is C13H15ClN2O. The topological polar surface area (TPSA) is 38.1 Å². The zero-order valence-electron chi connectivity index (χ0n) is 9.94. The van der Waals surface area contributed by atoms with Gasteiger partial charge in [-0.15, -0.1) is 0 Å². The van der Waals surface area contributed by atoms with Crippen LogP contribution in [0.25, 0.3) is 11.3 Å². The molecule has 1 heterocycles. The first-order chi connectivity index (χ1) is 8.13. The van der Waals surface area contributed by atoms with Gasteiger partial charge in [-0.2, -0.15) is 0 Å². The number of nitrogens with zero attached hydrogens (tertiary/aromatic N) is 2. The number of halogens is 1. The van der Waals surface area contributed by atoms with Gasteiger partial charge in [-0.3, -0.25) is 0 Å². The Kier molecular flexibility index (Phi) is 3.50. The van der Waals surface area contributed by atoms with Crippen LogP contribution in [-0.4, -0.2) is 21.3 Å². The highest BCUT2D eigenvalue weighted by Crippen LogP contribution is 2.25. The molecule has 0 aliphatic carbocycles. The van der Waals surface area contributed by atoms with Gasteiger partial charge in [0.05, 0.1) is 18.0 Å². The standard InChI is InChI=1S/C13H15ClN2O/c1-9-13(10-3-5-11(14)6-4-10)16(2)12(15-9)7-8-17/h3-6,17H,7-8H2,1-2H3. The fourth-order valence-electron chi connectivity index (χ4n) is 2.03. The molecule has 3 nitrogen and oxygen atoms in total. The second-order valence-corrected chi connectivity index (χ2v) is 4.44. The lowest BCUT2D eigenvalue weighted by Crippen LogP contribution is -2.02. The quantitative estimate of drug-likeness (QED) is 0.909. The molecular weight excluding hydrogens is 236 g/mol. The third kappa shape index (κ3) is 2.35. The minimum Gasteiger partial charge on any atom is -0.396 e. The van der Waals surface area contributed by atoms with Crippen molar-refractivity contribution in [3.63, 3.8) is 0 Å². The van der Waals surface area contributed by atoms with Gasteiger partial charge in [0.1, 0.15) is 5.82 Å². The van der Waals surface area contributed by atoms with Crippen LogP contribution in [0, 0.1) is 6.92 Å². The molecule has 0 amide bonds. The summed E-state index contributed by atoms with van der Waals surface area (Å²) in [6.45, 7) is 2.09. The predicted octanol–water partition coefficient (Wildman–Crippen LogP) is 2.58. The second kappa shape index (κ2) is 4.90. The largest absolute Gasteiger partial charge is 0.396 e. The van der Waals surface area contributed by atoms with Crippen LogP contribution in [0.15, 0.2) is 24.3 Å². The summed E-state index contributed by atoms with van der Waals surface area (Å²) in [5.74, 6) is 0.898. The molecule has 90 valence electrons. The van der Waals surface area contributed by atoms with Crippen molar-refractivity contribution in [1.82, 2.24) is 9.55 Å². The van der Waals surface area contributed by atoms with Gasteiger partial charge in [-0.05, 0) is 19.1 Å². The highest BCUT2D eigenvalue weighted by Gasteiger charge is 2.12. The van der Waals surface area contributed by atoms with E-state index in [0.717, 1.165) is 27.8 Å². The van der Waals surface area contributed by atoms with Crippen molar-refractivity contribution in [3.05, 3.63) is 40.8 Å². The maximum absolute atomic E-state index is 8.98. The summed E-state index contributed by atoms with van der Waals surface area (Å²) in [7, 11) is 1.97. The van der Waals surface area contributed by atoms with E-state index in [-0.39, 0.29) is 6.61 Å². The Labute approximate surface area is 106 Å². The van der Waals surface area contributed by atoms with Crippen molar-refractivity contribution in [2.75, 3.05) is 6.61 Å². The lowest BCUT2D eigenvalue weighted by atomic mass is 10.1. The summed E-state index contributed by atoms with van der Waals surface area (Å²) in [6, 6.07) is 7.70. The van der Waals surface area contributed by atoms with E-state index in [1.165, 1.54) is 0 Å². The monoisotopic (exact) mass is 250 g/mol. The van der Waals surface area contributed by atoms with Crippen LogP contribution in [0.2, 0.25) is 5.02 Å². The molecule has 2 rings (SSSR count). The van der Waals surface area contributed by atoms with Crippen molar-refractivity contribution < 1.29 is 5.11 Å². The van der Waals surface area contributed by atoms with Gasteiger partial charge in [0.15, 0.2) is 0 Å². The smallest absolute Gasteiger partial charge is 0.111 e. The Balaban J connectivity index is 2.48. The Morgan fingerprint density at radius 3 is 2.53 bits per heavy atom. The van der Waals surface area contributed by atoms with E-state index < -0.39 is 0 Å². The van der Waals surface area contributed by atoms with Crippen molar-refractivity contribution >= 4 is 11.6 Å². The summed E-state index contributed by atoms with van der Waals surface area (Å²) in [4.78, 5) is 4.47. The molecule has 1 N–H and O–H groups in total. The lowest BCUT2D eigenvalue weighted by Gasteiger charge is -2.06. The normalized spacial score (nSPS) is 10.8. The summed E-state index contributed by atoms with van der Waals surface area (Å²) >= 11 is 5.88. The molecule has 0 unspecified atom stereocenters. The van der Waals surface area contributed by atoms with Crippen molar-refractivity contribution in [2.24, 2.45) is 7.05 Å². The third-order valence-corrected chi connectivity index (χ3v) is 3.07. The van der Waals surface area contributed by atoms with Gasteiger partial charge in [0, 0.05) is 24.1 Å². The Morgan fingerprint density at radius 1 is 1.29 bits per heavy atom. The number of hydrogen-bond acceptors (Lipinski definition) is 2. The zero-order chi connectivity index (χ0) is 12.4. The van der Waals surface area contributed by atoms with E-state index in [2.05, 4.69) is 4.98 Å². The van der Waals surface area contributed by atoms with E-state index in [1.807, 2.05) is 42.8 Å². The molecule has 0 bridgehead atoms. The number of hydrogen-bond donors (Lipinski definition) is 1. The van der Waals surface area contributed by atoms with Gasteiger partial charge in [-0.1, -0.05) is 23.7 Å². The van der Waals surface area contributed by atoms with Gasteiger partial charge >= 0.3 is 0 Å². The molecule has 4 heteroatoms. The van der Waals surface area contributed by atoms with Crippen molar-refractivity contribution in [2.45, 2.75) is 13.3 Å². The van der Waals surface area contributed by atoms with Crippen LogP contribution in [0.3, 0.4) is 0 Å². The zero-order valence-corrected chi connectivity index (χ0v) is 10.7. The minimum atomic E-state index is 0.115. The Hall–Kier alpha value is -1.32. The van der Waals surface area contributed by atoms with Gasteiger partial charge in [-0.25, -0.2) is 4.98 Å². The minimum absolute atomic E-state index is 0.115. The fraction of sp³-hybridized carbons (Fsp3) is 0.308. The number of aromatic nitrogens is 2. The first-order valence-electron chi connectivity index (χ1n) is 5.52. The SMILES string of the molecule is Cc1nc(CCO)n(C)c1-c1ccc(Cl)cc1. The van der Waals surface area contributed by atoms with E-state index in [1.54, 1.807) is 0 Å². The number of rotatable bonds is 3. The fourth-order valence-corrected chi connectivity index (χ4v) is 2.15. The molecule has 1 aromatic heterocycles. The van der Waals surface area contributed by atoms with E-state index in [0.29, 0.717) is 6.42 Å². The lowest BCUT2D eigenvalue weighted by molar-refractivity contribution is 0.295. The van der Waals surface area contributed by atoms with Crippen molar-refractivity contribution in [1.29, 1.82) is 0 Å². The molecule has 0 spiro atoms. The maximum Gasteiger partial charge on any atom is 0.111 e. The number of aliphatic hydroxyl groups is 1. The predicted molar refractivity (Wildman–Crippen MR) is 69.2 cm³/mol. The van der Waals surface area contributed by atoms with Gasteiger partial charge in [0.25, 0.3) is 0 Å². The molecule has 0 aliphatic rings. The summed E-state index contributed by atoms with van der Waals surface area (Å²) in [6.07, 6.45) is 0.574. The molecule has 17 heavy (non-hydrogen) atoms. The van der Waals surface area contributed by atoms with Crippen LogP contribution in [0.4, 0.5) is 0 Å². The summed E-state index contributed by atoms with van der Waals surface area (Å²) in [5, 5.41) is 9.71. The van der Waals surface area contributed by atoms with Crippen LogP contribution in [0.1, 0.15) is 11.5 Å². The molecule has 0 aliphatic heterocycles. The number of aliphatic hydroxyl groups excluding tert-OH is 1. The average molecular weight is 251 g/mol. The van der Waals surface area contributed by atoms with Crippen LogP contribution in [0.5, 0.6) is 0 Å². The summed E-state index contributed by atoms with van der Waals surface area (Å²) in [5.41, 5.74) is 3.13. The summed E-state index contributed by atoms with van der Waals surface area (Å²) < 4.78 is 2.02. The first kappa shape index (κ1) is 12.1. The number of aryl methyl sites for hydroxylation is 1. The van der Waals surface area contributed by atoms with Crippen LogP contribution < -0.4 is 0 Å². The molecule has 0 saturated carbocycles. The maximum atomic E-state index is 8.98. The van der Waals surface area contributed by atoms with E-state index in [4.69, 9.17) is 16.7 Å². The number of imidazole rings is 1. The molecule has 0 atom stereocenters. The highest BCUT2D eigenvalue weighted by molar-refractivity contribution is 6.30. The molecule has 0 fully saturated rings. The van der Waals surface area contributed by atoms with E-state index in [9.17, 15) is 0 Å². The third-order valence-electron chi connectivity index (χ3n) is 2.82. The van der Waals surface area contributed by atoms with Crippen LogP contribution in [-0.2, 0) is 13.5 Å². The second-order valence-electron chi connectivity index (χ2n) is 4.00. The highest BCUT2D eigenvalue weighted by atomic mass is 35.5. The van der Waals surface area contributed by atoms with E-state index >= 15 is 0 Å². The van der Waals surface area contributed by atoms with Gasteiger partial charge < -0.3 is 9.67 Å². The van der Waals surface area contributed by atoms with Crippen molar-refractivity contribution in [3.8, 4) is 11.3 Å². The average Bonchev–Trinajstić information content (AvgIpc) is 2.57. The molecule has 2 aromatic rings. The Morgan fingerprint density at radius 2 is 1.94 bits per heavy atom. The van der Waals surface area contributed by atoms with Gasteiger partial charge in [0.2, 0.25) is 0 Å². The first-order valence-corrected chi connectivity index (χ1v) is 5.90. The molecule has 0 radical (unpaired) electrons. The number of benzene rings is 1. The molecule has 1 aromatic carbocycles.